The van der Waals surface area contributed by atoms with E-state index in [1.54, 1.807) is 23.5 Å². The molecule has 3 aliphatic heterocycles. The van der Waals surface area contributed by atoms with E-state index in [1.807, 2.05) is 88.1 Å². The number of anilines is 3. The van der Waals surface area contributed by atoms with Gasteiger partial charge in [0.2, 0.25) is 23.7 Å². The summed E-state index contributed by atoms with van der Waals surface area (Å²) in [7, 11) is 0. The highest BCUT2D eigenvalue weighted by Gasteiger charge is 2.47. The van der Waals surface area contributed by atoms with Crippen molar-refractivity contribution in [2.24, 2.45) is 17.1 Å². The van der Waals surface area contributed by atoms with Gasteiger partial charge in [0, 0.05) is 62.0 Å². The number of aromatic hydroxyl groups is 1. The largest absolute Gasteiger partial charge is 0.507 e. The molecule has 4 aliphatic rings. The molecule has 5 aromatic rings. The van der Waals surface area contributed by atoms with Crippen molar-refractivity contribution in [3.63, 3.8) is 0 Å². The number of thiazole rings is 1. The van der Waals surface area contributed by atoms with Gasteiger partial charge in [0.15, 0.2) is 5.82 Å². The lowest BCUT2D eigenvalue weighted by atomic mass is 9.78. The molecule has 7 N–H and O–H groups in total. The molecule has 0 radical (unpaired) electrons. The lowest BCUT2D eigenvalue weighted by Crippen LogP contribution is -2.58. The van der Waals surface area contributed by atoms with Gasteiger partial charge in [-0.05, 0) is 98.6 Å². The minimum Gasteiger partial charge on any atom is -0.507 e. The molecule has 19 heteroatoms. The number of nitrogens with one attached hydrogen (secondary N) is 2. The Bertz CT molecular complexity index is 2720. The minimum atomic E-state index is -0.952. The van der Waals surface area contributed by atoms with Gasteiger partial charge in [0.1, 0.15) is 30.0 Å². The van der Waals surface area contributed by atoms with E-state index in [-0.39, 0.29) is 61.0 Å². The van der Waals surface area contributed by atoms with Crippen LogP contribution in [0.4, 0.5) is 17.5 Å². The van der Waals surface area contributed by atoms with Gasteiger partial charge in [0.05, 0.1) is 34.0 Å². The number of esters is 1. The van der Waals surface area contributed by atoms with Crippen LogP contribution in [-0.4, -0.2) is 115 Å². The van der Waals surface area contributed by atoms with Crippen LogP contribution < -0.4 is 31.9 Å². The van der Waals surface area contributed by atoms with E-state index >= 15 is 0 Å². The standard InChI is InChI=1S/C52H64N12O6S/c1-29(53)50(69)70-38-20-42(48(67)55-22-31-10-12-33(13-11-31)44-30(2)58-28-71-44)63(27-38)49(68)45(52(3,4)5)59-47(66)34-16-14-32(15-17-34)35-23-56-51(57-24-35)64-36-18-19-37(64)26-62(25-36)41-21-40(60-61-46(41)54)39-8-6-7-9-43(39)65/h6-13,21,23-24,28-29,32,34,36-38,42,45,65H,14-20,22,25-27,53H2,1-5H3,(H2,54,61)(H,55,67)(H,59,66)/t29-,32?,34?,36?,37?,38+,42-,45+/m0/s1. The Hall–Kier alpha value is -6.73. The SMILES string of the molecule is Cc1ncsc1-c1ccc(CNC(=O)[C@@H]2C[C@@H](OC(=O)[C@H](C)N)CN2C(=O)[C@@H](NC(=O)C2CCC(c3cnc(N4C5CCC4CN(c4cc(-c6ccccc6O)nnc4N)C5)nc3)CC2)C(C)(C)C)cc1. The van der Waals surface area contributed by atoms with Gasteiger partial charge in [-0.15, -0.1) is 21.5 Å². The molecule has 3 aromatic heterocycles. The topological polar surface area (TPSA) is 248 Å². The highest BCUT2D eigenvalue weighted by atomic mass is 32.1. The summed E-state index contributed by atoms with van der Waals surface area (Å²) in [5.74, 6) is -0.552. The number of benzene rings is 2. The number of nitrogens with zero attached hydrogens (tertiary/aromatic N) is 8. The third kappa shape index (κ3) is 10.7. The summed E-state index contributed by atoms with van der Waals surface area (Å²) in [6, 6.07) is 14.4. The molecule has 71 heavy (non-hydrogen) atoms. The number of rotatable bonds is 13. The van der Waals surface area contributed by atoms with Crippen LogP contribution in [0.25, 0.3) is 21.7 Å². The Morgan fingerprint density at radius 3 is 2.23 bits per heavy atom. The number of fused-ring (bicyclic) bond motifs is 2. The molecular formula is C52H64N12O6S. The van der Waals surface area contributed by atoms with Crippen molar-refractivity contribution < 1.29 is 29.0 Å². The van der Waals surface area contributed by atoms with E-state index in [2.05, 4.69) is 35.6 Å². The molecule has 6 atom stereocenters. The molecular weight excluding hydrogens is 921 g/mol. The number of phenols is 1. The summed E-state index contributed by atoms with van der Waals surface area (Å²) >= 11 is 1.57. The van der Waals surface area contributed by atoms with Crippen LogP contribution >= 0.6 is 11.3 Å². The number of para-hydroxylation sites is 1. The first kappa shape index (κ1) is 49.3. The summed E-state index contributed by atoms with van der Waals surface area (Å²) < 4.78 is 5.68. The van der Waals surface area contributed by atoms with Gasteiger partial charge in [-0.25, -0.2) is 15.0 Å². The number of likely N-dealkylation sites (tertiary alicyclic amines) is 1. The molecule has 2 unspecified atom stereocenters. The van der Waals surface area contributed by atoms with E-state index in [4.69, 9.17) is 26.2 Å². The second kappa shape index (κ2) is 20.5. The van der Waals surface area contributed by atoms with Crippen molar-refractivity contribution in [2.75, 3.05) is 35.2 Å². The average molecular weight is 985 g/mol. The van der Waals surface area contributed by atoms with E-state index in [1.165, 1.54) is 11.8 Å². The van der Waals surface area contributed by atoms with Crippen LogP contribution in [-0.2, 0) is 30.5 Å². The Labute approximate surface area is 418 Å². The molecule has 3 amide bonds. The number of nitrogens with two attached hydrogens (primary N) is 2. The molecule has 6 heterocycles. The fourth-order valence-electron chi connectivity index (χ4n) is 10.6. The molecule has 1 saturated carbocycles. The molecule has 2 aromatic carbocycles. The zero-order valence-corrected chi connectivity index (χ0v) is 41.8. The van der Waals surface area contributed by atoms with Gasteiger partial charge >= 0.3 is 5.97 Å². The molecule has 1 aliphatic carbocycles. The fraction of sp³-hybridized carbons (Fsp3) is 0.481. The maximum atomic E-state index is 14.7. The average Bonchev–Trinajstić information content (AvgIpc) is 4.06. The van der Waals surface area contributed by atoms with E-state index < -0.39 is 41.5 Å². The number of aromatic nitrogens is 5. The van der Waals surface area contributed by atoms with Gasteiger partial charge in [-0.3, -0.25) is 19.2 Å². The maximum absolute atomic E-state index is 14.7. The third-order valence-electron chi connectivity index (χ3n) is 14.6. The highest BCUT2D eigenvalue weighted by molar-refractivity contribution is 7.13. The Balaban J connectivity index is 0.807. The third-order valence-corrected chi connectivity index (χ3v) is 15.6. The van der Waals surface area contributed by atoms with Gasteiger partial charge in [0.25, 0.3) is 0 Å². The maximum Gasteiger partial charge on any atom is 0.322 e. The number of phenolic OH excluding ortho intramolecular Hbond substituents is 1. The van der Waals surface area contributed by atoms with Crippen LogP contribution in [0.2, 0.25) is 0 Å². The molecule has 374 valence electrons. The first-order valence-electron chi connectivity index (χ1n) is 24.6. The monoisotopic (exact) mass is 984 g/mol. The number of hydrogen-bond acceptors (Lipinski definition) is 16. The van der Waals surface area contributed by atoms with Crippen molar-refractivity contribution in [1.82, 2.24) is 40.7 Å². The summed E-state index contributed by atoms with van der Waals surface area (Å²) in [5, 5.41) is 25.1. The summed E-state index contributed by atoms with van der Waals surface area (Å²) in [4.78, 5) is 76.6. The second-order valence-corrected chi connectivity index (χ2v) is 21.5. The lowest BCUT2D eigenvalue weighted by molar-refractivity contribution is -0.150. The van der Waals surface area contributed by atoms with Gasteiger partial charge in [-0.1, -0.05) is 57.2 Å². The zero-order valence-electron chi connectivity index (χ0n) is 41.0. The normalized spacial score (nSPS) is 23.0. The van der Waals surface area contributed by atoms with E-state index in [0.29, 0.717) is 49.0 Å². The zero-order chi connectivity index (χ0) is 50.1. The number of carbonyl (C=O) groups excluding carboxylic acids is 4. The molecule has 9 rings (SSSR count). The van der Waals surface area contributed by atoms with Crippen molar-refractivity contribution in [1.29, 1.82) is 0 Å². The van der Waals surface area contributed by atoms with Crippen LogP contribution in [0.3, 0.4) is 0 Å². The number of aryl methyl sites for hydroxylation is 1. The predicted molar refractivity (Wildman–Crippen MR) is 271 cm³/mol. The molecule has 4 fully saturated rings. The van der Waals surface area contributed by atoms with Crippen LogP contribution in [0.15, 0.2) is 72.5 Å². The second-order valence-electron chi connectivity index (χ2n) is 20.7. The molecule has 2 bridgehead atoms. The molecule has 0 spiro atoms. The number of ether oxygens (including phenoxy) is 1. The number of piperazine rings is 1. The molecule has 3 saturated heterocycles. The van der Waals surface area contributed by atoms with Crippen molar-refractivity contribution in [3.05, 3.63) is 89.3 Å². The number of carbonyl (C=O) groups is 4. The minimum absolute atomic E-state index is 0.00856. The Kier molecular flexibility index (Phi) is 14.3. The Morgan fingerprint density at radius 2 is 1.59 bits per heavy atom. The smallest absolute Gasteiger partial charge is 0.322 e. The van der Waals surface area contributed by atoms with Crippen molar-refractivity contribution >= 4 is 52.5 Å². The first-order valence-corrected chi connectivity index (χ1v) is 25.5. The van der Waals surface area contributed by atoms with Gasteiger partial charge in [-0.2, -0.15) is 0 Å². The quantitative estimate of drug-likeness (QED) is 0.0916. The highest BCUT2D eigenvalue weighted by Crippen LogP contribution is 2.40. The van der Waals surface area contributed by atoms with Crippen LogP contribution in [0.1, 0.15) is 95.4 Å². The number of amides is 3. The van der Waals surface area contributed by atoms with E-state index in [9.17, 15) is 24.3 Å². The number of hydrogen-bond donors (Lipinski definition) is 5. The molecule has 18 nitrogen and oxygen atoms in total. The van der Waals surface area contributed by atoms with Crippen molar-refractivity contribution in [3.8, 4) is 27.4 Å². The Morgan fingerprint density at radius 1 is 0.901 bits per heavy atom. The van der Waals surface area contributed by atoms with Gasteiger partial charge < -0.3 is 46.6 Å². The summed E-state index contributed by atoms with van der Waals surface area (Å²) in [5.41, 5.74) is 19.2. The number of nitrogen functional groups attached to an aromatic ring is 1. The fourth-order valence-corrected chi connectivity index (χ4v) is 11.4. The summed E-state index contributed by atoms with van der Waals surface area (Å²) in [6.45, 7) is 10.8. The summed E-state index contributed by atoms with van der Waals surface area (Å²) in [6.07, 6.45) is 7.97. The lowest BCUT2D eigenvalue weighted by Gasteiger charge is -2.42. The predicted octanol–water partition coefficient (Wildman–Crippen LogP) is 5.49. The van der Waals surface area contributed by atoms with Crippen molar-refractivity contribution in [2.45, 2.75) is 128 Å². The first-order chi connectivity index (χ1) is 34.0. The van der Waals surface area contributed by atoms with Crippen LogP contribution in [0.5, 0.6) is 5.75 Å². The van der Waals surface area contributed by atoms with E-state index in [0.717, 1.165) is 58.6 Å². The van der Waals surface area contributed by atoms with Crippen LogP contribution in [0, 0.1) is 18.3 Å².